The SMILES string of the molecule is Cc1ccc(NC(=O)C2Cc3ccccc3N2)c(Br)c1. The van der Waals surface area contributed by atoms with E-state index in [-0.39, 0.29) is 11.9 Å². The van der Waals surface area contributed by atoms with Crippen molar-refractivity contribution in [2.24, 2.45) is 0 Å². The van der Waals surface area contributed by atoms with E-state index in [9.17, 15) is 4.79 Å². The summed E-state index contributed by atoms with van der Waals surface area (Å²) in [5.74, 6) is -0.00856. The number of aryl methyl sites for hydroxylation is 1. The van der Waals surface area contributed by atoms with Crippen LogP contribution in [0.1, 0.15) is 11.1 Å². The van der Waals surface area contributed by atoms with Crippen LogP contribution in [0, 0.1) is 6.92 Å². The van der Waals surface area contributed by atoms with Gasteiger partial charge in [0.1, 0.15) is 6.04 Å². The van der Waals surface area contributed by atoms with Crippen molar-refractivity contribution >= 4 is 33.2 Å². The summed E-state index contributed by atoms with van der Waals surface area (Å²) in [6.07, 6.45) is 0.728. The Bertz CT molecular complexity index is 644. The fourth-order valence-corrected chi connectivity index (χ4v) is 2.99. The molecule has 102 valence electrons. The van der Waals surface area contributed by atoms with Crippen molar-refractivity contribution in [3.8, 4) is 0 Å². The largest absolute Gasteiger partial charge is 0.373 e. The molecule has 2 N–H and O–H groups in total. The van der Waals surface area contributed by atoms with E-state index < -0.39 is 0 Å². The molecule has 4 heteroatoms. The molecule has 1 aliphatic heterocycles. The Morgan fingerprint density at radius 2 is 2.10 bits per heavy atom. The van der Waals surface area contributed by atoms with Crippen LogP contribution in [-0.4, -0.2) is 11.9 Å². The van der Waals surface area contributed by atoms with Crippen LogP contribution in [0.5, 0.6) is 0 Å². The topological polar surface area (TPSA) is 41.1 Å². The predicted molar refractivity (Wildman–Crippen MR) is 85.1 cm³/mol. The van der Waals surface area contributed by atoms with Gasteiger partial charge in [0.25, 0.3) is 0 Å². The van der Waals surface area contributed by atoms with Crippen molar-refractivity contribution in [2.75, 3.05) is 10.6 Å². The molecule has 0 aromatic heterocycles. The second-order valence-electron chi connectivity index (χ2n) is 5.03. The molecule has 1 heterocycles. The third-order valence-electron chi connectivity index (χ3n) is 3.47. The highest BCUT2D eigenvalue weighted by molar-refractivity contribution is 9.10. The fraction of sp³-hybridized carbons (Fsp3) is 0.188. The number of para-hydroxylation sites is 1. The summed E-state index contributed by atoms with van der Waals surface area (Å²) >= 11 is 3.48. The van der Waals surface area contributed by atoms with Gasteiger partial charge in [0.05, 0.1) is 5.69 Å². The molecule has 1 amide bonds. The van der Waals surface area contributed by atoms with Gasteiger partial charge in [-0.1, -0.05) is 24.3 Å². The Kier molecular flexibility index (Phi) is 3.49. The summed E-state index contributed by atoms with van der Waals surface area (Å²) in [6.45, 7) is 2.02. The van der Waals surface area contributed by atoms with Gasteiger partial charge in [-0.15, -0.1) is 0 Å². The van der Waals surface area contributed by atoms with Gasteiger partial charge >= 0.3 is 0 Å². The molecule has 2 aromatic rings. The Labute approximate surface area is 126 Å². The maximum absolute atomic E-state index is 12.3. The van der Waals surface area contributed by atoms with E-state index in [1.807, 2.05) is 43.3 Å². The number of hydrogen-bond donors (Lipinski definition) is 2. The highest BCUT2D eigenvalue weighted by Gasteiger charge is 2.26. The number of rotatable bonds is 2. The molecule has 0 aliphatic carbocycles. The molecule has 0 fully saturated rings. The second kappa shape index (κ2) is 5.29. The van der Waals surface area contributed by atoms with E-state index in [4.69, 9.17) is 0 Å². The van der Waals surface area contributed by atoms with Crippen LogP contribution >= 0.6 is 15.9 Å². The number of halogens is 1. The molecule has 3 nitrogen and oxygen atoms in total. The van der Waals surface area contributed by atoms with Gasteiger partial charge in [-0.2, -0.15) is 0 Å². The summed E-state index contributed by atoms with van der Waals surface area (Å²) < 4.78 is 0.904. The summed E-state index contributed by atoms with van der Waals surface area (Å²) in [5.41, 5.74) is 4.20. The lowest BCUT2D eigenvalue weighted by atomic mass is 10.1. The van der Waals surface area contributed by atoms with Gasteiger partial charge < -0.3 is 10.6 Å². The van der Waals surface area contributed by atoms with Gasteiger partial charge in [0, 0.05) is 16.6 Å². The van der Waals surface area contributed by atoms with Crippen LogP contribution in [0.4, 0.5) is 11.4 Å². The Morgan fingerprint density at radius 3 is 2.85 bits per heavy atom. The van der Waals surface area contributed by atoms with E-state index in [1.165, 1.54) is 5.56 Å². The number of fused-ring (bicyclic) bond motifs is 1. The van der Waals surface area contributed by atoms with Gasteiger partial charge in [-0.3, -0.25) is 4.79 Å². The van der Waals surface area contributed by atoms with Crippen molar-refractivity contribution in [1.82, 2.24) is 0 Å². The number of benzene rings is 2. The lowest BCUT2D eigenvalue weighted by Gasteiger charge is -2.13. The molecule has 20 heavy (non-hydrogen) atoms. The predicted octanol–water partition coefficient (Wildman–Crippen LogP) is 3.73. The Morgan fingerprint density at radius 1 is 1.30 bits per heavy atom. The average Bonchev–Trinajstić information content (AvgIpc) is 2.86. The van der Waals surface area contributed by atoms with Crippen molar-refractivity contribution in [3.63, 3.8) is 0 Å². The fourth-order valence-electron chi connectivity index (χ4n) is 2.40. The zero-order valence-electron chi connectivity index (χ0n) is 11.1. The lowest BCUT2D eigenvalue weighted by Crippen LogP contribution is -2.32. The Hall–Kier alpha value is -1.81. The molecule has 0 bridgehead atoms. The van der Waals surface area contributed by atoms with Crippen LogP contribution in [0.2, 0.25) is 0 Å². The van der Waals surface area contributed by atoms with E-state index in [1.54, 1.807) is 0 Å². The summed E-state index contributed by atoms with van der Waals surface area (Å²) in [4.78, 5) is 12.3. The van der Waals surface area contributed by atoms with Crippen LogP contribution in [0.3, 0.4) is 0 Å². The molecule has 1 aliphatic rings. The number of hydrogen-bond acceptors (Lipinski definition) is 2. The third-order valence-corrected chi connectivity index (χ3v) is 4.13. The molecule has 1 atom stereocenters. The number of amides is 1. The zero-order valence-corrected chi connectivity index (χ0v) is 12.7. The van der Waals surface area contributed by atoms with Crippen LogP contribution in [0.25, 0.3) is 0 Å². The molecule has 2 aromatic carbocycles. The van der Waals surface area contributed by atoms with Crippen molar-refractivity contribution in [1.29, 1.82) is 0 Å². The monoisotopic (exact) mass is 330 g/mol. The first-order chi connectivity index (χ1) is 9.63. The zero-order chi connectivity index (χ0) is 14.1. The van der Waals surface area contributed by atoms with Crippen molar-refractivity contribution in [3.05, 3.63) is 58.1 Å². The van der Waals surface area contributed by atoms with Gasteiger partial charge in [-0.25, -0.2) is 0 Å². The van der Waals surface area contributed by atoms with E-state index in [2.05, 4.69) is 32.6 Å². The highest BCUT2D eigenvalue weighted by atomic mass is 79.9. The van der Waals surface area contributed by atoms with E-state index in [0.29, 0.717) is 0 Å². The van der Waals surface area contributed by atoms with Gasteiger partial charge in [0.2, 0.25) is 5.91 Å². The van der Waals surface area contributed by atoms with Crippen LogP contribution in [0.15, 0.2) is 46.9 Å². The maximum Gasteiger partial charge on any atom is 0.247 e. The number of anilines is 2. The quantitative estimate of drug-likeness (QED) is 0.880. The van der Waals surface area contributed by atoms with Crippen molar-refractivity contribution < 1.29 is 4.79 Å². The van der Waals surface area contributed by atoms with E-state index in [0.717, 1.165) is 27.8 Å². The van der Waals surface area contributed by atoms with Gasteiger partial charge in [-0.05, 0) is 52.2 Å². The number of nitrogens with one attached hydrogen (secondary N) is 2. The highest BCUT2D eigenvalue weighted by Crippen LogP contribution is 2.27. The van der Waals surface area contributed by atoms with E-state index >= 15 is 0 Å². The molecule has 0 radical (unpaired) electrons. The Balaban J connectivity index is 1.72. The first-order valence-electron chi connectivity index (χ1n) is 6.55. The molecule has 1 unspecified atom stereocenters. The van der Waals surface area contributed by atoms with Crippen LogP contribution in [-0.2, 0) is 11.2 Å². The number of carbonyl (C=O) groups is 1. The molecule has 0 saturated heterocycles. The van der Waals surface area contributed by atoms with Crippen LogP contribution < -0.4 is 10.6 Å². The average molecular weight is 331 g/mol. The molecule has 0 saturated carbocycles. The first kappa shape index (κ1) is 13.2. The molecular weight excluding hydrogens is 316 g/mol. The normalized spacial score (nSPS) is 16.4. The third kappa shape index (κ3) is 2.56. The smallest absolute Gasteiger partial charge is 0.247 e. The summed E-state index contributed by atoms with van der Waals surface area (Å²) in [5, 5.41) is 6.22. The number of carbonyl (C=O) groups excluding carboxylic acids is 1. The molecule has 3 rings (SSSR count). The first-order valence-corrected chi connectivity index (χ1v) is 7.34. The minimum Gasteiger partial charge on any atom is -0.373 e. The standard InChI is InChI=1S/C16H15BrN2O/c1-10-6-7-14(12(17)8-10)19-16(20)15-9-11-4-2-3-5-13(11)18-15/h2-8,15,18H,9H2,1H3,(H,19,20). The molecular formula is C16H15BrN2O. The summed E-state index contributed by atoms with van der Waals surface area (Å²) in [6, 6.07) is 13.7. The summed E-state index contributed by atoms with van der Waals surface area (Å²) in [7, 11) is 0. The van der Waals surface area contributed by atoms with Crippen molar-refractivity contribution in [2.45, 2.75) is 19.4 Å². The second-order valence-corrected chi connectivity index (χ2v) is 5.89. The minimum absolute atomic E-state index is 0.00856. The molecule has 0 spiro atoms. The minimum atomic E-state index is -0.208. The van der Waals surface area contributed by atoms with Gasteiger partial charge in [0.15, 0.2) is 0 Å². The maximum atomic E-state index is 12.3. The lowest BCUT2D eigenvalue weighted by molar-refractivity contribution is -0.116.